The van der Waals surface area contributed by atoms with Crippen LogP contribution in [0.15, 0.2) is 24.3 Å². The maximum absolute atomic E-state index is 13.5. The predicted octanol–water partition coefficient (Wildman–Crippen LogP) is 5.10. The molecular weight excluding hydrogens is 346 g/mol. The maximum Gasteiger partial charge on any atom is 0.248 e. The maximum atomic E-state index is 13.5. The zero-order valence-electron chi connectivity index (χ0n) is 17.0. The molecule has 150 valence electrons. The van der Waals surface area contributed by atoms with Gasteiger partial charge in [-0.3, -0.25) is 4.79 Å². The molecule has 4 nitrogen and oxygen atoms in total. The number of likely N-dealkylation sites (tertiary alicyclic amines) is 1. The molecule has 1 aromatic carbocycles. The summed E-state index contributed by atoms with van der Waals surface area (Å²) in [5, 5.41) is 12.6. The number of nitrogens with zero attached hydrogens (tertiary/aromatic N) is 2. The third-order valence-electron chi connectivity index (χ3n) is 7.41. The number of carbonyl (C=O) groups excluding carboxylic acids is 1. The quantitative estimate of drug-likeness (QED) is 0.791. The van der Waals surface area contributed by atoms with E-state index in [1.165, 1.54) is 44.9 Å². The first-order chi connectivity index (χ1) is 13.7. The Morgan fingerprint density at radius 3 is 2.14 bits per heavy atom. The Balaban J connectivity index is 1.40. The summed E-state index contributed by atoms with van der Waals surface area (Å²) in [6.07, 6.45) is 13.4. The van der Waals surface area contributed by atoms with Gasteiger partial charge in [0.2, 0.25) is 5.91 Å². The van der Waals surface area contributed by atoms with Gasteiger partial charge in [0.15, 0.2) is 0 Å². The first-order valence-electron chi connectivity index (χ1n) is 11.3. The molecule has 28 heavy (non-hydrogen) atoms. The molecule has 4 heteroatoms. The van der Waals surface area contributed by atoms with Crippen LogP contribution in [0.3, 0.4) is 0 Å². The zero-order valence-corrected chi connectivity index (χ0v) is 17.0. The van der Waals surface area contributed by atoms with Gasteiger partial charge in [0.25, 0.3) is 0 Å². The third-order valence-corrected chi connectivity index (χ3v) is 7.41. The van der Waals surface area contributed by atoms with E-state index in [1.807, 2.05) is 24.3 Å². The average molecular weight is 380 g/mol. The van der Waals surface area contributed by atoms with E-state index in [4.69, 9.17) is 5.26 Å². The number of benzene rings is 1. The van der Waals surface area contributed by atoms with Crippen molar-refractivity contribution in [1.29, 1.82) is 5.26 Å². The van der Waals surface area contributed by atoms with E-state index in [0.717, 1.165) is 56.3 Å². The summed E-state index contributed by atoms with van der Waals surface area (Å²) in [5.74, 6) is 2.04. The largest absolute Gasteiger partial charge is 0.371 e. The number of amides is 1. The molecule has 0 aromatic heterocycles. The Kier molecular flexibility index (Phi) is 5.90. The van der Waals surface area contributed by atoms with Crippen LogP contribution in [0.5, 0.6) is 0 Å². The molecule has 1 N–H and O–H groups in total. The molecule has 1 aliphatic heterocycles. The van der Waals surface area contributed by atoms with E-state index >= 15 is 0 Å². The highest BCUT2D eigenvalue weighted by molar-refractivity contribution is 5.90. The van der Waals surface area contributed by atoms with Crippen molar-refractivity contribution in [2.45, 2.75) is 76.2 Å². The molecule has 1 aromatic rings. The number of hydrogen-bond acceptors (Lipinski definition) is 3. The van der Waals surface area contributed by atoms with Gasteiger partial charge in [-0.25, -0.2) is 0 Å². The normalized spacial score (nSPS) is 23.3. The topological polar surface area (TPSA) is 56.1 Å². The lowest BCUT2D eigenvalue weighted by molar-refractivity contribution is -0.137. The van der Waals surface area contributed by atoms with Gasteiger partial charge in [0.1, 0.15) is 5.54 Å². The molecule has 3 aliphatic rings. The molecule has 1 heterocycles. The molecule has 0 radical (unpaired) electrons. The van der Waals surface area contributed by atoms with Gasteiger partial charge in [0.05, 0.1) is 11.6 Å². The van der Waals surface area contributed by atoms with Crippen molar-refractivity contribution < 1.29 is 4.79 Å². The van der Waals surface area contributed by atoms with E-state index in [9.17, 15) is 4.79 Å². The lowest BCUT2D eigenvalue weighted by Crippen LogP contribution is -2.54. The molecule has 0 bridgehead atoms. The minimum Gasteiger partial charge on any atom is -0.371 e. The van der Waals surface area contributed by atoms with Crippen molar-refractivity contribution in [1.82, 2.24) is 4.90 Å². The minimum atomic E-state index is -0.453. The summed E-state index contributed by atoms with van der Waals surface area (Å²) in [7, 11) is 0. The fourth-order valence-electron chi connectivity index (χ4n) is 5.76. The fourth-order valence-corrected chi connectivity index (χ4v) is 5.76. The van der Waals surface area contributed by atoms with E-state index in [-0.39, 0.29) is 0 Å². The molecular formula is C24H33N3O. The van der Waals surface area contributed by atoms with Crippen LogP contribution >= 0.6 is 0 Å². The molecule has 1 amide bonds. The summed E-state index contributed by atoms with van der Waals surface area (Å²) in [6.45, 7) is 1.85. The first-order valence-corrected chi connectivity index (χ1v) is 11.3. The third kappa shape index (κ3) is 4.04. The van der Waals surface area contributed by atoms with E-state index in [0.29, 0.717) is 11.5 Å². The van der Waals surface area contributed by atoms with Crippen LogP contribution in [0, 0.1) is 23.2 Å². The van der Waals surface area contributed by atoms with E-state index in [2.05, 4.69) is 16.3 Å². The van der Waals surface area contributed by atoms with Crippen LogP contribution in [0.25, 0.3) is 0 Å². The highest BCUT2D eigenvalue weighted by atomic mass is 16.2. The number of carbonyl (C=O) groups is 1. The summed E-state index contributed by atoms with van der Waals surface area (Å²) in [5.41, 5.74) is 1.15. The SMILES string of the molecule is N#Cc1ccc(NC2(C(=O)N3CCC(C4CCCCC4)CC3)CCCC2)cc1. The lowest BCUT2D eigenvalue weighted by Gasteiger charge is -2.41. The molecule has 0 unspecified atom stereocenters. The Bertz CT molecular complexity index is 700. The summed E-state index contributed by atoms with van der Waals surface area (Å²) >= 11 is 0. The standard InChI is InChI=1S/C24H33N3O/c25-18-19-8-10-22(11-9-19)26-24(14-4-5-15-24)23(28)27-16-12-21(13-17-27)20-6-2-1-3-7-20/h8-11,20-21,26H,1-7,12-17H2. The molecule has 2 saturated carbocycles. The van der Waals surface area contributed by atoms with Gasteiger partial charge in [-0.15, -0.1) is 0 Å². The monoisotopic (exact) mass is 379 g/mol. The van der Waals surface area contributed by atoms with Crippen molar-refractivity contribution >= 4 is 11.6 Å². The van der Waals surface area contributed by atoms with Crippen molar-refractivity contribution in [3.63, 3.8) is 0 Å². The molecule has 0 atom stereocenters. The lowest BCUT2D eigenvalue weighted by atomic mass is 9.75. The van der Waals surface area contributed by atoms with Gasteiger partial charge in [-0.05, 0) is 61.8 Å². The van der Waals surface area contributed by atoms with Crippen LogP contribution in [0.2, 0.25) is 0 Å². The first kappa shape index (κ1) is 19.3. The second-order valence-electron chi connectivity index (χ2n) is 9.13. The number of hydrogen-bond donors (Lipinski definition) is 1. The Morgan fingerprint density at radius 1 is 0.929 bits per heavy atom. The predicted molar refractivity (Wildman–Crippen MR) is 112 cm³/mol. The number of anilines is 1. The van der Waals surface area contributed by atoms with Crippen molar-refractivity contribution in [3.05, 3.63) is 29.8 Å². The molecule has 3 fully saturated rings. The fraction of sp³-hybridized carbons (Fsp3) is 0.667. The van der Waals surface area contributed by atoms with Crippen LogP contribution in [0.1, 0.15) is 76.2 Å². The van der Waals surface area contributed by atoms with Crippen LogP contribution in [0.4, 0.5) is 5.69 Å². The number of piperidine rings is 1. The second-order valence-corrected chi connectivity index (χ2v) is 9.13. The highest BCUT2D eigenvalue weighted by Crippen LogP contribution is 2.39. The van der Waals surface area contributed by atoms with E-state index in [1.54, 1.807) is 0 Å². The zero-order chi connectivity index (χ0) is 19.4. The van der Waals surface area contributed by atoms with Crippen LogP contribution in [-0.4, -0.2) is 29.4 Å². The van der Waals surface area contributed by atoms with Crippen molar-refractivity contribution in [3.8, 4) is 6.07 Å². The Hall–Kier alpha value is -2.02. The smallest absolute Gasteiger partial charge is 0.248 e. The number of nitriles is 1. The van der Waals surface area contributed by atoms with Crippen molar-refractivity contribution in [2.75, 3.05) is 18.4 Å². The van der Waals surface area contributed by atoms with Crippen molar-refractivity contribution in [2.24, 2.45) is 11.8 Å². The number of nitrogens with one attached hydrogen (secondary N) is 1. The van der Waals surface area contributed by atoms with Gasteiger partial charge in [-0.1, -0.05) is 44.9 Å². The molecule has 1 saturated heterocycles. The van der Waals surface area contributed by atoms with Crippen LogP contribution in [-0.2, 0) is 4.79 Å². The average Bonchev–Trinajstić information content (AvgIpc) is 3.24. The van der Waals surface area contributed by atoms with Crippen LogP contribution < -0.4 is 5.32 Å². The molecule has 2 aliphatic carbocycles. The summed E-state index contributed by atoms with van der Waals surface area (Å²) in [4.78, 5) is 15.7. The van der Waals surface area contributed by atoms with Gasteiger partial charge in [0, 0.05) is 18.8 Å². The number of rotatable bonds is 4. The van der Waals surface area contributed by atoms with Gasteiger partial charge in [-0.2, -0.15) is 5.26 Å². The highest BCUT2D eigenvalue weighted by Gasteiger charge is 2.44. The molecule has 0 spiro atoms. The second kappa shape index (κ2) is 8.55. The molecule has 4 rings (SSSR count). The Morgan fingerprint density at radius 2 is 1.54 bits per heavy atom. The Labute approximate surface area is 169 Å². The van der Waals surface area contributed by atoms with Gasteiger partial charge < -0.3 is 10.2 Å². The summed E-state index contributed by atoms with van der Waals surface area (Å²) < 4.78 is 0. The van der Waals surface area contributed by atoms with Gasteiger partial charge >= 0.3 is 0 Å². The minimum absolute atomic E-state index is 0.302. The summed E-state index contributed by atoms with van der Waals surface area (Å²) in [6, 6.07) is 9.67. The van der Waals surface area contributed by atoms with E-state index < -0.39 is 5.54 Å².